The Hall–Kier alpha value is -0.630. The smallest absolute Gasteiger partial charge is 0.338 e. The molecular weight excluding hydrogens is 576 g/mol. The molecule has 0 saturated heterocycles. The van der Waals surface area contributed by atoms with Gasteiger partial charge < -0.3 is 19.7 Å². The van der Waals surface area contributed by atoms with Gasteiger partial charge in [0.25, 0.3) is 0 Å². The van der Waals surface area contributed by atoms with Crippen LogP contribution in [0.3, 0.4) is 0 Å². The van der Waals surface area contributed by atoms with Crippen molar-refractivity contribution < 1.29 is 24.5 Å². The van der Waals surface area contributed by atoms with Crippen molar-refractivity contribution in [1.82, 2.24) is 0 Å². The number of phenols is 1. The summed E-state index contributed by atoms with van der Waals surface area (Å²) in [7, 11) is 1.80. The topological polar surface area (TPSA) is 76.0 Å². The van der Waals surface area contributed by atoms with Crippen molar-refractivity contribution in [1.29, 1.82) is 0 Å². The van der Waals surface area contributed by atoms with Crippen LogP contribution in [0.4, 0.5) is 0 Å². The third-order valence-corrected chi connectivity index (χ3v) is 11.5. The summed E-state index contributed by atoms with van der Waals surface area (Å²) in [5, 5.41) is 22.2. The van der Waals surface area contributed by atoms with Crippen LogP contribution in [-0.2, 0) is 15.9 Å². The Bertz CT molecular complexity index is 973. The second-order valence-corrected chi connectivity index (χ2v) is 15.5. The number of alkyl halides is 2. The number of hydrogen-bond donors (Lipinski definition) is 2. The minimum atomic E-state index is -0.947. The minimum Gasteiger partial charge on any atom is -0.508 e. The maximum atomic E-state index is 13.2. The molecule has 2 N–H and O–H groups in total. The Morgan fingerprint density at radius 2 is 1.83 bits per heavy atom. The average Bonchev–Trinajstić information content (AvgIpc) is 3.56. The molecule has 0 radical (unpaired) electrons. The molecule has 196 valence electrons. The number of benzene rings is 1. The van der Waals surface area contributed by atoms with Gasteiger partial charge in [-0.05, 0) is 113 Å². The van der Waals surface area contributed by atoms with Crippen molar-refractivity contribution in [3.8, 4) is 5.75 Å². The number of rotatable bonds is 2. The van der Waals surface area contributed by atoms with Gasteiger partial charge in [0.05, 0.1) is 21.1 Å². The van der Waals surface area contributed by atoms with Crippen LogP contribution in [0.15, 0.2) is 18.2 Å². The largest absolute Gasteiger partial charge is 0.508 e. The summed E-state index contributed by atoms with van der Waals surface area (Å²) in [4.78, 5) is 13.1. The number of halogens is 2. The molecule has 2 saturated carbocycles. The molecular formula is C28H40Br2O5. The van der Waals surface area contributed by atoms with Gasteiger partial charge in [0.1, 0.15) is 11.9 Å². The van der Waals surface area contributed by atoms with E-state index >= 15 is 0 Å². The summed E-state index contributed by atoms with van der Waals surface area (Å²) >= 11 is 7.50. The Kier molecular flexibility index (Phi) is 7.27. The monoisotopic (exact) mass is 614 g/mol. The fraction of sp³-hybridized carbons (Fsp3) is 0.750. The van der Waals surface area contributed by atoms with E-state index in [9.17, 15) is 15.0 Å². The third-order valence-electron chi connectivity index (χ3n) is 9.58. The Labute approximate surface area is 226 Å². The summed E-state index contributed by atoms with van der Waals surface area (Å²) in [6.07, 6.45) is 4.15. The lowest BCUT2D eigenvalue weighted by Crippen LogP contribution is -2.45. The van der Waals surface area contributed by atoms with Crippen molar-refractivity contribution in [3.63, 3.8) is 0 Å². The molecule has 5 nitrogen and oxygen atoms in total. The third kappa shape index (κ3) is 4.96. The second-order valence-electron chi connectivity index (χ2n) is 12.3. The molecule has 1 aromatic rings. The molecule has 4 rings (SSSR count). The van der Waals surface area contributed by atoms with E-state index in [1.54, 1.807) is 25.3 Å². The van der Waals surface area contributed by atoms with E-state index in [-0.39, 0.29) is 27.5 Å². The van der Waals surface area contributed by atoms with Crippen LogP contribution in [-0.4, -0.2) is 49.7 Å². The van der Waals surface area contributed by atoms with Gasteiger partial charge in [0.2, 0.25) is 0 Å². The van der Waals surface area contributed by atoms with Crippen molar-refractivity contribution in [3.05, 3.63) is 29.3 Å². The minimum absolute atomic E-state index is 0.00104. The highest BCUT2D eigenvalue weighted by atomic mass is 79.9. The van der Waals surface area contributed by atoms with Crippen molar-refractivity contribution in [2.24, 2.45) is 23.2 Å². The standard InChI is InChI=1S/C28H40Br2O5/c1-25(2,30)23-10-12-27(4,33)22(29)9-11-26(3)18-15-19(18)28(5,34-6)21(26)14-17-13-16(24(32)35-23)7-8-20(17)31/h7-8,13,18-19,21-23,31,33H,9-12,14-15H2,1-6H3/t18-,19+,21+,22-,23+,26-,27+,28-/m1/s1. The molecule has 0 spiro atoms. The molecule has 0 amide bonds. The quantitative estimate of drug-likeness (QED) is 0.297. The van der Waals surface area contributed by atoms with Gasteiger partial charge in [0.15, 0.2) is 0 Å². The number of hydrogen-bond acceptors (Lipinski definition) is 5. The number of cyclic esters (lactones) is 1. The fourth-order valence-electron chi connectivity index (χ4n) is 6.98. The van der Waals surface area contributed by atoms with E-state index in [2.05, 4.69) is 45.7 Å². The van der Waals surface area contributed by atoms with E-state index in [0.29, 0.717) is 36.7 Å². The number of ether oxygens (including phenoxy) is 2. The first-order valence-corrected chi connectivity index (χ1v) is 14.5. The number of aromatic hydroxyl groups is 1. The summed E-state index contributed by atoms with van der Waals surface area (Å²) in [6, 6.07) is 5.03. The van der Waals surface area contributed by atoms with Crippen LogP contribution >= 0.6 is 31.9 Å². The van der Waals surface area contributed by atoms with Gasteiger partial charge in [-0.3, -0.25) is 0 Å². The molecule has 35 heavy (non-hydrogen) atoms. The maximum Gasteiger partial charge on any atom is 0.338 e. The van der Waals surface area contributed by atoms with E-state index in [1.807, 2.05) is 20.8 Å². The van der Waals surface area contributed by atoms with Gasteiger partial charge in [-0.2, -0.15) is 0 Å². The zero-order valence-corrected chi connectivity index (χ0v) is 24.9. The normalized spacial score (nSPS) is 42.3. The Morgan fingerprint density at radius 1 is 1.14 bits per heavy atom. The number of aliphatic hydroxyl groups is 1. The molecule has 2 fully saturated rings. The lowest BCUT2D eigenvalue weighted by atomic mass is 9.65. The second kappa shape index (κ2) is 9.28. The highest BCUT2D eigenvalue weighted by Crippen LogP contribution is 2.72. The van der Waals surface area contributed by atoms with Crippen LogP contribution in [0.1, 0.15) is 82.6 Å². The van der Waals surface area contributed by atoms with Gasteiger partial charge in [-0.15, -0.1) is 0 Å². The maximum absolute atomic E-state index is 13.2. The summed E-state index contributed by atoms with van der Waals surface area (Å²) in [5.41, 5.74) is -0.0559. The number of fused-ring (bicyclic) bond motifs is 5. The van der Waals surface area contributed by atoms with Crippen molar-refractivity contribution in [2.45, 2.75) is 99.6 Å². The Balaban J connectivity index is 1.76. The Morgan fingerprint density at radius 3 is 2.46 bits per heavy atom. The lowest BCUT2D eigenvalue weighted by molar-refractivity contribution is -0.0737. The number of phenolic OH excluding ortho intramolecular Hbond substituents is 1. The average molecular weight is 616 g/mol. The lowest BCUT2D eigenvalue weighted by Gasteiger charge is -2.43. The molecule has 1 aliphatic heterocycles. The molecule has 1 aromatic carbocycles. The van der Waals surface area contributed by atoms with Crippen LogP contribution in [0, 0.1) is 23.2 Å². The van der Waals surface area contributed by atoms with Crippen LogP contribution in [0.2, 0.25) is 0 Å². The first-order chi connectivity index (χ1) is 16.1. The molecule has 2 bridgehead atoms. The van der Waals surface area contributed by atoms with E-state index in [4.69, 9.17) is 9.47 Å². The van der Waals surface area contributed by atoms with Gasteiger partial charge >= 0.3 is 5.97 Å². The predicted octanol–water partition coefficient (Wildman–Crippen LogP) is 6.40. The highest BCUT2D eigenvalue weighted by Gasteiger charge is 2.71. The molecule has 7 heteroatoms. The number of carbonyl (C=O) groups is 1. The van der Waals surface area contributed by atoms with Crippen LogP contribution in [0.25, 0.3) is 0 Å². The van der Waals surface area contributed by atoms with Crippen molar-refractivity contribution >= 4 is 37.8 Å². The molecule has 0 unspecified atom stereocenters. The number of methoxy groups -OCH3 is 1. The molecule has 2 aliphatic carbocycles. The number of esters is 1. The van der Waals surface area contributed by atoms with E-state index in [1.165, 1.54) is 0 Å². The van der Waals surface area contributed by atoms with Gasteiger partial charge in [-0.25, -0.2) is 4.79 Å². The summed E-state index contributed by atoms with van der Waals surface area (Å²) < 4.78 is 11.7. The van der Waals surface area contributed by atoms with Crippen LogP contribution < -0.4 is 0 Å². The first-order valence-electron chi connectivity index (χ1n) is 12.8. The van der Waals surface area contributed by atoms with Crippen LogP contribution in [0.5, 0.6) is 5.75 Å². The SMILES string of the molecule is CO[C@]1(C)[C@H]2C[C@H]2[C@@]2(C)CC[C@@H](Br)[C@@](C)(O)CC[C@@H](C(C)(C)Br)OC(=O)c3ccc(O)c(c3)C[C@@H]21. The molecule has 0 aromatic heterocycles. The van der Waals surface area contributed by atoms with E-state index in [0.717, 1.165) is 24.8 Å². The molecule has 8 atom stereocenters. The zero-order valence-electron chi connectivity index (χ0n) is 21.7. The summed E-state index contributed by atoms with van der Waals surface area (Å²) in [5.74, 6) is 1.01. The fourth-order valence-corrected chi connectivity index (χ4v) is 7.76. The van der Waals surface area contributed by atoms with Gasteiger partial charge in [0, 0.05) is 11.9 Å². The first kappa shape index (κ1) is 27.4. The van der Waals surface area contributed by atoms with E-state index < -0.39 is 22.0 Å². The van der Waals surface area contributed by atoms with Gasteiger partial charge in [-0.1, -0.05) is 38.8 Å². The predicted molar refractivity (Wildman–Crippen MR) is 144 cm³/mol. The molecule has 3 aliphatic rings. The number of carbonyl (C=O) groups excluding carboxylic acids is 1. The highest BCUT2D eigenvalue weighted by molar-refractivity contribution is 9.10. The molecule has 1 heterocycles. The summed E-state index contributed by atoms with van der Waals surface area (Å²) in [6.45, 7) is 10.4. The zero-order chi connectivity index (χ0) is 26.0. The van der Waals surface area contributed by atoms with Crippen molar-refractivity contribution in [2.75, 3.05) is 7.11 Å².